The predicted molar refractivity (Wildman–Crippen MR) is 133 cm³/mol. The molecule has 2 aromatic heterocycles. The van der Waals surface area contributed by atoms with E-state index in [0.29, 0.717) is 10.8 Å². The van der Waals surface area contributed by atoms with Crippen LogP contribution in [0.1, 0.15) is 36.6 Å². The maximum absolute atomic E-state index is 14.1. The van der Waals surface area contributed by atoms with E-state index in [2.05, 4.69) is 4.98 Å². The second-order valence-corrected chi connectivity index (χ2v) is 7.93. The molecule has 0 saturated heterocycles. The van der Waals surface area contributed by atoms with E-state index in [9.17, 15) is 33.6 Å². The number of benzene rings is 2. The van der Waals surface area contributed by atoms with Crippen LogP contribution < -0.4 is 20.7 Å². The largest absolute Gasteiger partial charge is 0.404 e. The van der Waals surface area contributed by atoms with Crippen molar-refractivity contribution in [2.45, 2.75) is 6.73 Å². The molecule has 13 heteroatoms. The van der Waals surface area contributed by atoms with Crippen LogP contribution in [-0.4, -0.2) is 39.1 Å². The second kappa shape index (κ2) is 11.8. The third-order valence-electron chi connectivity index (χ3n) is 5.28. The number of esters is 2. The number of nitrogens with zero attached hydrogens (tertiary/aromatic N) is 4. The molecule has 200 valence electrons. The zero-order valence-corrected chi connectivity index (χ0v) is 20.6. The quantitative estimate of drug-likeness (QED) is 0.315. The van der Waals surface area contributed by atoms with E-state index in [1.165, 1.54) is 49.6 Å². The van der Waals surface area contributed by atoms with Gasteiger partial charge in [0.2, 0.25) is 17.6 Å². The van der Waals surface area contributed by atoms with Crippen LogP contribution in [-0.2, 0) is 11.5 Å². The first-order valence-electron chi connectivity index (χ1n) is 11.3. The Kier molecular flexibility index (Phi) is 8.02. The molecule has 0 radical (unpaired) electrons. The molecular formula is C27H17FN4O8. The highest BCUT2D eigenvalue weighted by molar-refractivity contribution is 5.99. The van der Waals surface area contributed by atoms with Gasteiger partial charge in [-0.25, -0.2) is 14.4 Å². The highest BCUT2D eigenvalue weighted by Gasteiger charge is 2.22. The number of aromatic nitrogens is 3. The van der Waals surface area contributed by atoms with Gasteiger partial charge in [0.05, 0.1) is 17.3 Å². The van der Waals surface area contributed by atoms with Crippen LogP contribution >= 0.6 is 0 Å². The molecule has 4 aromatic rings. The molecule has 40 heavy (non-hydrogen) atoms. The van der Waals surface area contributed by atoms with Gasteiger partial charge in [-0.3, -0.25) is 14.2 Å². The molecule has 4 rings (SSSR count). The van der Waals surface area contributed by atoms with Crippen LogP contribution in [0.3, 0.4) is 0 Å². The maximum atomic E-state index is 14.1. The molecule has 0 spiro atoms. The normalized spacial score (nSPS) is 10.4. The molecule has 0 atom stereocenters. The lowest BCUT2D eigenvalue weighted by Gasteiger charge is -2.10. The number of pyridine rings is 1. The van der Waals surface area contributed by atoms with E-state index in [0.717, 1.165) is 6.07 Å². The van der Waals surface area contributed by atoms with Gasteiger partial charge in [0, 0.05) is 18.7 Å². The number of nitriles is 1. The average molecular weight is 544 g/mol. The summed E-state index contributed by atoms with van der Waals surface area (Å²) in [7, 11) is 1.23. The molecule has 0 aliphatic rings. The smallest absolute Gasteiger partial charge is 0.344 e. The Bertz CT molecular complexity index is 1790. The summed E-state index contributed by atoms with van der Waals surface area (Å²) in [5.74, 6) is -5.13. The summed E-state index contributed by atoms with van der Waals surface area (Å²) in [6, 6.07) is 17.0. The van der Waals surface area contributed by atoms with Gasteiger partial charge in [0.1, 0.15) is 18.4 Å². The van der Waals surface area contributed by atoms with Crippen LogP contribution in [0.5, 0.6) is 11.8 Å². The molecule has 0 fully saturated rings. The third-order valence-corrected chi connectivity index (χ3v) is 5.28. The minimum absolute atomic E-state index is 0.0682. The number of ether oxygens (including phenoxy) is 3. The van der Waals surface area contributed by atoms with Gasteiger partial charge in [-0.1, -0.05) is 24.3 Å². The SMILES string of the molecule is COCn1cc(F)c(=O)n(C(=O)c2cccc(C(=O)Oc3nc(OC(=O)c4ccccc4)ccc3C#N)c2)c1=O. The fraction of sp³-hybridized carbons (Fsp3) is 0.0741. The van der Waals surface area contributed by atoms with Crippen molar-refractivity contribution in [2.24, 2.45) is 0 Å². The molecule has 0 saturated carbocycles. The lowest BCUT2D eigenvalue weighted by atomic mass is 10.1. The van der Waals surface area contributed by atoms with Gasteiger partial charge in [0.15, 0.2) is 0 Å². The van der Waals surface area contributed by atoms with Crippen molar-refractivity contribution in [1.82, 2.24) is 14.1 Å². The van der Waals surface area contributed by atoms with Crippen LogP contribution in [0.2, 0.25) is 0 Å². The molecule has 12 nitrogen and oxygen atoms in total. The number of methoxy groups -OCH3 is 1. The molecule has 2 heterocycles. The molecular weight excluding hydrogens is 527 g/mol. The monoisotopic (exact) mass is 544 g/mol. The Morgan fingerprint density at radius 1 is 0.925 bits per heavy atom. The van der Waals surface area contributed by atoms with Crippen molar-refractivity contribution in [3.63, 3.8) is 0 Å². The van der Waals surface area contributed by atoms with Gasteiger partial charge >= 0.3 is 17.6 Å². The summed E-state index contributed by atoms with van der Waals surface area (Å²) in [5, 5.41) is 9.39. The summed E-state index contributed by atoms with van der Waals surface area (Å²) >= 11 is 0. The molecule has 2 aromatic carbocycles. The van der Waals surface area contributed by atoms with E-state index < -0.39 is 47.5 Å². The van der Waals surface area contributed by atoms with Crippen molar-refractivity contribution in [2.75, 3.05) is 7.11 Å². The summed E-state index contributed by atoms with van der Waals surface area (Å²) in [4.78, 5) is 66.9. The van der Waals surface area contributed by atoms with E-state index >= 15 is 0 Å². The number of hydrogen-bond donors (Lipinski definition) is 0. The maximum Gasteiger partial charge on any atom is 0.344 e. The Balaban J connectivity index is 1.61. The van der Waals surface area contributed by atoms with E-state index in [-0.39, 0.29) is 32.7 Å². The molecule has 0 unspecified atom stereocenters. The van der Waals surface area contributed by atoms with E-state index in [1.807, 2.05) is 0 Å². The minimum Gasteiger partial charge on any atom is -0.404 e. The van der Waals surface area contributed by atoms with Crippen molar-refractivity contribution < 1.29 is 33.0 Å². The summed E-state index contributed by atoms with van der Waals surface area (Å²) in [5.41, 5.74) is -3.12. The molecule has 0 amide bonds. The van der Waals surface area contributed by atoms with Gasteiger partial charge in [-0.15, -0.1) is 0 Å². The standard InChI is InChI=1S/C27H17FN4O8/c1-38-15-31-14-20(28)24(34)32(27(31)37)23(33)17-8-5-9-18(12-17)26(36)40-22-19(13-29)10-11-21(30-22)39-25(35)16-6-3-2-4-7-16/h2-12,14H,15H2,1H3. The number of carbonyl (C=O) groups is 3. The second-order valence-electron chi connectivity index (χ2n) is 7.93. The minimum atomic E-state index is -1.49. The lowest BCUT2D eigenvalue weighted by Crippen LogP contribution is -2.45. The Morgan fingerprint density at radius 2 is 1.60 bits per heavy atom. The van der Waals surface area contributed by atoms with Gasteiger partial charge in [-0.2, -0.15) is 19.2 Å². The van der Waals surface area contributed by atoms with Crippen LogP contribution in [0.15, 0.2) is 82.5 Å². The Morgan fingerprint density at radius 3 is 2.30 bits per heavy atom. The van der Waals surface area contributed by atoms with Crippen molar-refractivity contribution in [1.29, 1.82) is 5.26 Å². The van der Waals surface area contributed by atoms with Gasteiger partial charge in [0.25, 0.3) is 11.5 Å². The first-order chi connectivity index (χ1) is 19.2. The highest BCUT2D eigenvalue weighted by atomic mass is 19.1. The summed E-state index contributed by atoms with van der Waals surface area (Å²) in [6.07, 6.45) is 0.608. The highest BCUT2D eigenvalue weighted by Crippen LogP contribution is 2.22. The summed E-state index contributed by atoms with van der Waals surface area (Å²) < 4.78 is 30.0. The van der Waals surface area contributed by atoms with Crippen molar-refractivity contribution in [3.05, 3.63) is 122 Å². The van der Waals surface area contributed by atoms with Crippen LogP contribution in [0.4, 0.5) is 4.39 Å². The lowest BCUT2D eigenvalue weighted by molar-refractivity contribution is 0.0717. The Hall–Kier alpha value is -5.74. The summed E-state index contributed by atoms with van der Waals surface area (Å²) in [6.45, 7) is -0.427. The Labute approximate surface area is 224 Å². The van der Waals surface area contributed by atoms with E-state index in [4.69, 9.17) is 14.2 Å². The first kappa shape index (κ1) is 27.3. The van der Waals surface area contributed by atoms with Gasteiger partial charge < -0.3 is 14.2 Å². The van der Waals surface area contributed by atoms with Crippen LogP contribution in [0.25, 0.3) is 0 Å². The fourth-order valence-corrected chi connectivity index (χ4v) is 3.41. The predicted octanol–water partition coefficient (Wildman–Crippen LogP) is 2.15. The molecule has 0 bridgehead atoms. The fourth-order valence-electron chi connectivity index (χ4n) is 3.41. The van der Waals surface area contributed by atoms with Gasteiger partial charge in [-0.05, 0) is 36.4 Å². The van der Waals surface area contributed by atoms with Crippen molar-refractivity contribution in [3.8, 4) is 17.8 Å². The third kappa shape index (κ3) is 5.72. The van der Waals surface area contributed by atoms with Crippen molar-refractivity contribution >= 4 is 17.8 Å². The number of hydrogen-bond acceptors (Lipinski definition) is 10. The first-order valence-corrected chi connectivity index (χ1v) is 11.3. The topological polar surface area (TPSA) is 160 Å². The molecule has 0 N–H and O–H groups in total. The van der Waals surface area contributed by atoms with Crippen LogP contribution in [0, 0.1) is 17.1 Å². The zero-order valence-electron chi connectivity index (χ0n) is 20.6. The molecule has 0 aliphatic carbocycles. The molecule has 0 aliphatic heterocycles. The van der Waals surface area contributed by atoms with E-state index in [1.54, 1.807) is 24.3 Å². The average Bonchev–Trinajstić information content (AvgIpc) is 2.96. The zero-order chi connectivity index (χ0) is 28.8. The number of rotatable bonds is 7. The number of carbonyl (C=O) groups excluding carboxylic acids is 3. The number of halogens is 1.